The zero-order valence-electron chi connectivity index (χ0n) is 11.6. The average Bonchev–Trinajstić information content (AvgIpc) is 2.37. The van der Waals surface area contributed by atoms with E-state index in [2.05, 4.69) is 25.4 Å². The van der Waals surface area contributed by atoms with E-state index in [1.54, 1.807) is 0 Å². The van der Waals surface area contributed by atoms with Crippen LogP contribution in [0.1, 0.15) is 52.4 Å². The summed E-state index contributed by atoms with van der Waals surface area (Å²) in [4.78, 5) is 11.6. The van der Waals surface area contributed by atoms with Crippen LogP contribution in [-0.2, 0) is 4.79 Å². The molecule has 0 aromatic carbocycles. The maximum Gasteiger partial charge on any atom is 0.220 e. The van der Waals surface area contributed by atoms with Crippen LogP contribution in [0.15, 0.2) is 0 Å². The number of rotatable bonds is 10. The summed E-state index contributed by atoms with van der Waals surface area (Å²) in [6, 6.07) is 0. The predicted octanol–water partition coefficient (Wildman–Crippen LogP) is 2.54. The molecule has 0 spiro atoms. The largest absolute Gasteiger partial charge is 0.355 e. The number of amides is 1. The Balaban J connectivity index is 3.81. The fourth-order valence-corrected chi connectivity index (χ4v) is 2.61. The molecule has 0 aliphatic rings. The first-order chi connectivity index (χ1) is 8.14. The molecule has 0 unspecified atom stereocenters. The molecular formula is C13H28N2OS. The van der Waals surface area contributed by atoms with Crippen molar-refractivity contribution in [3.8, 4) is 0 Å². The fraction of sp³-hybridized carbons (Fsp3) is 0.923. The van der Waals surface area contributed by atoms with Gasteiger partial charge in [-0.1, -0.05) is 20.3 Å². The van der Waals surface area contributed by atoms with Crippen molar-refractivity contribution in [1.82, 2.24) is 5.32 Å². The van der Waals surface area contributed by atoms with Gasteiger partial charge in [0.1, 0.15) is 0 Å². The fourth-order valence-electron chi connectivity index (χ4n) is 1.82. The third kappa shape index (κ3) is 6.94. The Labute approximate surface area is 110 Å². The number of carbonyl (C=O) groups is 1. The quantitative estimate of drug-likeness (QED) is 0.594. The van der Waals surface area contributed by atoms with Crippen molar-refractivity contribution < 1.29 is 4.79 Å². The molecule has 3 N–H and O–H groups in total. The molecule has 0 atom stereocenters. The van der Waals surface area contributed by atoms with Crippen LogP contribution in [-0.4, -0.2) is 30.0 Å². The number of thioether (sulfide) groups is 1. The van der Waals surface area contributed by atoms with Gasteiger partial charge in [-0.2, -0.15) is 11.8 Å². The molecule has 102 valence electrons. The van der Waals surface area contributed by atoms with Gasteiger partial charge in [-0.25, -0.2) is 0 Å². The molecule has 0 saturated heterocycles. The summed E-state index contributed by atoms with van der Waals surface area (Å²) >= 11 is 1.86. The Bertz CT molecular complexity index is 197. The second-order valence-corrected chi connectivity index (χ2v) is 5.74. The van der Waals surface area contributed by atoms with E-state index in [4.69, 9.17) is 5.73 Å². The van der Waals surface area contributed by atoms with Crippen molar-refractivity contribution in [2.75, 3.05) is 19.3 Å². The van der Waals surface area contributed by atoms with E-state index >= 15 is 0 Å². The molecule has 17 heavy (non-hydrogen) atoms. The lowest BCUT2D eigenvalue weighted by Gasteiger charge is -2.29. The van der Waals surface area contributed by atoms with Crippen molar-refractivity contribution in [3.05, 3.63) is 0 Å². The second-order valence-electron chi connectivity index (χ2n) is 4.47. The third-order valence-electron chi connectivity index (χ3n) is 3.44. The molecule has 0 fully saturated rings. The Morgan fingerprint density at radius 2 is 1.88 bits per heavy atom. The van der Waals surface area contributed by atoms with Crippen LogP contribution in [0.5, 0.6) is 0 Å². The second kappa shape index (κ2) is 9.77. The standard InChI is InChI=1S/C13H28N2OS/c1-4-13(5-2,17-3)11-15-12(16)9-7-6-8-10-14/h4-11,14H2,1-3H3,(H,15,16). The van der Waals surface area contributed by atoms with Crippen LogP contribution in [0, 0.1) is 0 Å². The van der Waals surface area contributed by atoms with Gasteiger partial charge in [0.05, 0.1) is 0 Å². The van der Waals surface area contributed by atoms with E-state index in [0.29, 0.717) is 6.42 Å². The van der Waals surface area contributed by atoms with E-state index in [-0.39, 0.29) is 10.7 Å². The molecule has 0 radical (unpaired) electrons. The molecule has 0 aromatic heterocycles. The molecule has 1 amide bonds. The zero-order chi connectivity index (χ0) is 13.1. The third-order valence-corrected chi connectivity index (χ3v) is 5.03. The summed E-state index contributed by atoms with van der Waals surface area (Å²) in [5.74, 6) is 0.183. The summed E-state index contributed by atoms with van der Waals surface area (Å²) in [5.41, 5.74) is 5.41. The van der Waals surface area contributed by atoms with Crippen LogP contribution in [0.2, 0.25) is 0 Å². The normalized spacial score (nSPS) is 11.5. The summed E-state index contributed by atoms with van der Waals surface area (Å²) in [7, 11) is 0. The van der Waals surface area contributed by atoms with E-state index in [9.17, 15) is 4.79 Å². The van der Waals surface area contributed by atoms with Gasteiger partial charge in [0.25, 0.3) is 0 Å². The SMILES string of the molecule is CCC(CC)(CNC(=O)CCCCCN)SC. The van der Waals surface area contributed by atoms with E-state index in [1.165, 1.54) is 0 Å². The molecule has 3 nitrogen and oxygen atoms in total. The molecule has 0 aliphatic carbocycles. The molecule has 0 rings (SSSR count). The van der Waals surface area contributed by atoms with Crippen molar-refractivity contribution in [2.24, 2.45) is 5.73 Å². The minimum Gasteiger partial charge on any atom is -0.355 e. The van der Waals surface area contributed by atoms with Crippen molar-refractivity contribution >= 4 is 17.7 Å². The average molecular weight is 260 g/mol. The highest BCUT2D eigenvalue weighted by Crippen LogP contribution is 2.29. The van der Waals surface area contributed by atoms with Crippen molar-refractivity contribution in [1.29, 1.82) is 0 Å². The minimum absolute atomic E-state index is 0.183. The first-order valence-electron chi connectivity index (χ1n) is 6.66. The lowest BCUT2D eigenvalue weighted by molar-refractivity contribution is -0.121. The van der Waals surface area contributed by atoms with Crippen molar-refractivity contribution in [2.45, 2.75) is 57.1 Å². The van der Waals surface area contributed by atoms with Gasteiger partial charge in [-0.3, -0.25) is 4.79 Å². The van der Waals surface area contributed by atoms with Gasteiger partial charge in [0.15, 0.2) is 0 Å². The number of nitrogens with one attached hydrogen (secondary N) is 1. The molecule has 0 bridgehead atoms. The predicted molar refractivity (Wildman–Crippen MR) is 77.4 cm³/mol. The lowest BCUT2D eigenvalue weighted by atomic mass is 10.0. The zero-order valence-corrected chi connectivity index (χ0v) is 12.4. The van der Waals surface area contributed by atoms with Crippen LogP contribution >= 0.6 is 11.8 Å². The monoisotopic (exact) mass is 260 g/mol. The van der Waals surface area contributed by atoms with Crippen LogP contribution in [0.3, 0.4) is 0 Å². The highest BCUT2D eigenvalue weighted by Gasteiger charge is 2.25. The summed E-state index contributed by atoms with van der Waals surface area (Å²) < 4.78 is 0.215. The van der Waals surface area contributed by atoms with Gasteiger partial charge in [0, 0.05) is 17.7 Å². The Kier molecular flexibility index (Phi) is 9.65. The molecule has 0 aliphatic heterocycles. The molecule has 4 heteroatoms. The van der Waals surface area contributed by atoms with Gasteiger partial charge in [-0.05, 0) is 38.5 Å². The number of hydrogen-bond acceptors (Lipinski definition) is 3. The number of nitrogens with two attached hydrogens (primary N) is 1. The summed E-state index contributed by atoms with van der Waals surface area (Å²) in [5, 5.41) is 3.06. The summed E-state index contributed by atoms with van der Waals surface area (Å²) in [6.07, 6.45) is 7.98. The Hall–Kier alpha value is -0.220. The number of unbranched alkanes of at least 4 members (excludes halogenated alkanes) is 2. The van der Waals surface area contributed by atoms with E-state index < -0.39 is 0 Å². The summed E-state index contributed by atoms with van der Waals surface area (Å²) in [6.45, 7) is 5.89. The first kappa shape index (κ1) is 16.8. The smallest absolute Gasteiger partial charge is 0.220 e. The lowest BCUT2D eigenvalue weighted by Crippen LogP contribution is -2.39. The maximum absolute atomic E-state index is 11.6. The maximum atomic E-state index is 11.6. The highest BCUT2D eigenvalue weighted by molar-refractivity contribution is 8.00. The number of hydrogen-bond donors (Lipinski definition) is 2. The van der Waals surface area contributed by atoms with Crippen LogP contribution in [0.25, 0.3) is 0 Å². The van der Waals surface area contributed by atoms with Gasteiger partial charge in [-0.15, -0.1) is 0 Å². The van der Waals surface area contributed by atoms with Gasteiger partial charge >= 0.3 is 0 Å². The van der Waals surface area contributed by atoms with Crippen molar-refractivity contribution in [3.63, 3.8) is 0 Å². The number of carbonyl (C=O) groups excluding carboxylic acids is 1. The van der Waals surface area contributed by atoms with Crippen LogP contribution in [0.4, 0.5) is 0 Å². The topological polar surface area (TPSA) is 55.1 Å². The molecule has 0 saturated carbocycles. The Morgan fingerprint density at radius 1 is 1.24 bits per heavy atom. The molecule has 0 heterocycles. The van der Waals surface area contributed by atoms with E-state index in [0.717, 1.165) is 45.2 Å². The van der Waals surface area contributed by atoms with Crippen LogP contribution < -0.4 is 11.1 Å². The Morgan fingerprint density at radius 3 is 2.35 bits per heavy atom. The van der Waals surface area contributed by atoms with Gasteiger partial charge < -0.3 is 11.1 Å². The van der Waals surface area contributed by atoms with E-state index in [1.807, 2.05) is 11.8 Å². The molecule has 0 aromatic rings. The highest BCUT2D eigenvalue weighted by atomic mass is 32.2. The molecular weight excluding hydrogens is 232 g/mol. The first-order valence-corrected chi connectivity index (χ1v) is 7.88. The van der Waals surface area contributed by atoms with Gasteiger partial charge in [0.2, 0.25) is 5.91 Å². The minimum atomic E-state index is 0.183.